The van der Waals surface area contributed by atoms with E-state index in [9.17, 15) is 13.9 Å². The van der Waals surface area contributed by atoms with Gasteiger partial charge in [-0.2, -0.15) is 5.26 Å². The molecule has 4 aromatic rings. The van der Waals surface area contributed by atoms with E-state index in [1.165, 1.54) is 24.4 Å². The number of anilines is 3. The second-order valence-electron chi connectivity index (χ2n) is 6.67. The van der Waals surface area contributed by atoms with Gasteiger partial charge in [0, 0.05) is 35.4 Å². The summed E-state index contributed by atoms with van der Waals surface area (Å²) in [6, 6.07) is 9.90. The van der Waals surface area contributed by atoms with Crippen LogP contribution in [0.2, 0.25) is 5.02 Å². The molecule has 4 rings (SSSR count). The highest BCUT2D eigenvalue weighted by atomic mass is 35.5. The standard InChI is InChI=1S/C21H16ClFN6OS/c1-31(30)19-6-14(26-10-15-9-25-11-28-15)4-16-20(12(7-24)8-27-21(16)19)29-13-2-3-18(23)17(22)5-13/h2-6,8-9,11,26H,10H2,1H3,(H,25,28)(H,27,29). The lowest BCUT2D eigenvalue weighted by Crippen LogP contribution is -2.04. The van der Waals surface area contributed by atoms with Gasteiger partial charge in [-0.1, -0.05) is 11.6 Å². The summed E-state index contributed by atoms with van der Waals surface area (Å²) in [4.78, 5) is 11.9. The highest BCUT2D eigenvalue weighted by Crippen LogP contribution is 2.34. The molecule has 0 fully saturated rings. The van der Waals surface area contributed by atoms with Gasteiger partial charge in [0.05, 0.1) is 56.1 Å². The van der Waals surface area contributed by atoms with Crippen LogP contribution in [-0.2, 0) is 17.3 Å². The van der Waals surface area contributed by atoms with Crippen molar-refractivity contribution < 1.29 is 8.60 Å². The normalized spacial score (nSPS) is 11.8. The molecule has 7 nitrogen and oxygen atoms in total. The summed E-state index contributed by atoms with van der Waals surface area (Å²) < 4.78 is 26.0. The predicted octanol–water partition coefficient (Wildman–Crippen LogP) is 4.72. The van der Waals surface area contributed by atoms with Gasteiger partial charge in [-0.05, 0) is 30.3 Å². The molecular formula is C21H16ClFN6OS. The van der Waals surface area contributed by atoms with Gasteiger partial charge in [-0.25, -0.2) is 9.37 Å². The number of nitrogens with zero attached hydrogens (tertiary/aromatic N) is 3. The molecule has 0 bridgehead atoms. The number of hydrogen-bond acceptors (Lipinski definition) is 6. The van der Waals surface area contributed by atoms with Crippen LogP contribution >= 0.6 is 11.6 Å². The summed E-state index contributed by atoms with van der Waals surface area (Å²) in [6.07, 6.45) is 6.28. The fraction of sp³-hybridized carbons (Fsp3) is 0.0952. The first-order valence-electron chi connectivity index (χ1n) is 9.09. The molecule has 0 radical (unpaired) electrons. The van der Waals surface area contributed by atoms with Crippen molar-refractivity contribution in [3.63, 3.8) is 0 Å². The van der Waals surface area contributed by atoms with Gasteiger partial charge in [0.15, 0.2) is 0 Å². The summed E-state index contributed by atoms with van der Waals surface area (Å²) >= 11 is 5.90. The Morgan fingerprint density at radius 2 is 2.10 bits per heavy atom. The first-order valence-corrected chi connectivity index (χ1v) is 11.0. The first kappa shape index (κ1) is 20.8. The van der Waals surface area contributed by atoms with Crippen molar-refractivity contribution in [3.8, 4) is 6.07 Å². The lowest BCUT2D eigenvalue weighted by molar-refractivity contribution is 0.628. The number of hydrogen-bond donors (Lipinski definition) is 3. The topological polar surface area (TPSA) is 106 Å². The van der Waals surface area contributed by atoms with Crippen molar-refractivity contribution in [1.29, 1.82) is 5.26 Å². The molecule has 0 saturated carbocycles. The van der Waals surface area contributed by atoms with E-state index in [2.05, 4.69) is 31.7 Å². The SMILES string of the molecule is CS(=O)c1cc(NCc2cnc[nH]2)cc2c(Nc3ccc(F)c(Cl)c3)c(C#N)cnc12. The first-order chi connectivity index (χ1) is 15.0. The van der Waals surface area contributed by atoms with Crippen LogP contribution in [0.3, 0.4) is 0 Å². The fourth-order valence-electron chi connectivity index (χ4n) is 3.11. The number of benzene rings is 2. The summed E-state index contributed by atoms with van der Waals surface area (Å²) in [7, 11) is -1.33. The fourth-order valence-corrected chi connectivity index (χ4v) is 4.02. The molecule has 156 valence electrons. The Kier molecular flexibility index (Phi) is 5.84. The third kappa shape index (κ3) is 4.35. The summed E-state index contributed by atoms with van der Waals surface area (Å²) in [6.45, 7) is 0.475. The van der Waals surface area contributed by atoms with Crippen molar-refractivity contribution in [2.45, 2.75) is 11.4 Å². The number of nitrogens with one attached hydrogen (secondary N) is 3. The number of aromatic amines is 1. The molecular weight excluding hydrogens is 439 g/mol. The average molecular weight is 455 g/mol. The van der Waals surface area contributed by atoms with Crippen LogP contribution in [0.15, 0.2) is 53.9 Å². The second kappa shape index (κ2) is 8.71. The van der Waals surface area contributed by atoms with Gasteiger partial charge >= 0.3 is 0 Å². The zero-order chi connectivity index (χ0) is 22.0. The Hall–Kier alpha value is -3.48. The summed E-state index contributed by atoms with van der Waals surface area (Å²) in [5, 5.41) is 16.6. The molecule has 31 heavy (non-hydrogen) atoms. The molecule has 0 saturated heterocycles. The predicted molar refractivity (Wildman–Crippen MR) is 119 cm³/mol. The maximum absolute atomic E-state index is 13.6. The van der Waals surface area contributed by atoms with Gasteiger partial charge < -0.3 is 15.6 Å². The second-order valence-corrected chi connectivity index (χ2v) is 8.42. The van der Waals surface area contributed by atoms with E-state index in [1.807, 2.05) is 6.07 Å². The minimum Gasteiger partial charge on any atom is -0.379 e. The van der Waals surface area contributed by atoms with Gasteiger partial charge in [0.25, 0.3) is 0 Å². The third-order valence-electron chi connectivity index (χ3n) is 4.59. The molecule has 1 atom stereocenters. The molecule has 2 aromatic carbocycles. The molecule has 10 heteroatoms. The average Bonchev–Trinajstić information content (AvgIpc) is 3.28. The molecule has 1 unspecified atom stereocenters. The van der Waals surface area contributed by atoms with E-state index in [1.54, 1.807) is 24.8 Å². The lowest BCUT2D eigenvalue weighted by atomic mass is 10.1. The van der Waals surface area contributed by atoms with E-state index in [4.69, 9.17) is 11.6 Å². The van der Waals surface area contributed by atoms with Crippen LogP contribution < -0.4 is 10.6 Å². The van der Waals surface area contributed by atoms with E-state index < -0.39 is 16.6 Å². The number of aromatic nitrogens is 3. The smallest absolute Gasteiger partial charge is 0.141 e. The molecule has 0 amide bonds. The van der Waals surface area contributed by atoms with Crippen LogP contribution in [-0.4, -0.2) is 25.4 Å². The third-order valence-corrected chi connectivity index (χ3v) is 5.81. The minimum atomic E-state index is -1.33. The Morgan fingerprint density at radius 1 is 1.26 bits per heavy atom. The zero-order valence-corrected chi connectivity index (χ0v) is 17.8. The molecule has 0 spiro atoms. The van der Waals surface area contributed by atoms with Crippen LogP contribution in [0, 0.1) is 17.1 Å². The van der Waals surface area contributed by atoms with Crippen molar-refractivity contribution >= 4 is 50.4 Å². The Morgan fingerprint density at radius 3 is 2.77 bits per heavy atom. The van der Waals surface area contributed by atoms with Crippen LogP contribution in [0.5, 0.6) is 0 Å². The van der Waals surface area contributed by atoms with Crippen molar-refractivity contribution in [3.05, 3.63) is 71.2 Å². The number of rotatable bonds is 6. The number of fused-ring (bicyclic) bond motifs is 1. The van der Waals surface area contributed by atoms with Crippen molar-refractivity contribution in [1.82, 2.24) is 15.0 Å². The number of halogens is 2. The van der Waals surface area contributed by atoms with Gasteiger partial charge in [0.2, 0.25) is 0 Å². The zero-order valence-electron chi connectivity index (χ0n) is 16.2. The van der Waals surface area contributed by atoms with E-state index in [-0.39, 0.29) is 10.6 Å². The minimum absolute atomic E-state index is 0.0425. The lowest BCUT2D eigenvalue weighted by Gasteiger charge is -2.15. The largest absolute Gasteiger partial charge is 0.379 e. The monoisotopic (exact) mass is 454 g/mol. The quantitative estimate of drug-likeness (QED) is 0.389. The van der Waals surface area contributed by atoms with Crippen LogP contribution in [0.4, 0.5) is 21.5 Å². The van der Waals surface area contributed by atoms with Gasteiger partial charge in [0.1, 0.15) is 11.9 Å². The number of H-pyrrole nitrogens is 1. The molecule has 2 heterocycles. The van der Waals surface area contributed by atoms with E-state index >= 15 is 0 Å². The van der Waals surface area contributed by atoms with E-state index in [0.717, 1.165) is 5.69 Å². The molecule has 3 N–H and O–H groups in total. The Labute approximate surface area is 184 Å². The van der Waals surface area contributed by atoms with Crippen molar-refractivity contribution in [2.75, 3.05) is 16.9 Å². The number of nitriles is 1. The molecule has 0 aliphatic heterocycles. The number of imidazole rings is 1. The Balaban J connectivity index is 1.85. The molecule has 0 aliphatic rings. The van der Waals surface area contributed by atoms with Crippen molar-refractivity contribution in [2.24, 2.45) is 0 Å². The van der Waals surface area contributed by atoms with Crippen LogP contribution in [0.1, 0.15) is 11.3 Å². The van der Waals surface area contributed by atoms with Gasteiger partial charge in [-0.3, -0.25) is 9.19 Å². The summed E-state index contributed by atoms with van der Waals surface area (Å²) in [5.41, 5.74) is 3.33. The summed E-state index contributed by atoms with van der Waals surface area (Å²) in [5.74, 6) is -0.540. The molecule has 2 aromatic heterocycles. The highest BCUT2D eigenvalue weighted by Gasteiger charge is 2.16. The van der Waals surface area contributed by atoms with Crippen LogP contribution in [0.25, 0.3) is 10.9 Å². The van der Waals surface area contributed by atoms with Gasteiger partial charge in [-0.15, -0.1) is 0 Å². The maximum Gasteiger partial charge on any atom is 0.141 e. The Bertz CT molecular complexity index is 1340. The maximum atomic E-state index is 13.6. The molecule has 0 aliphatic carbocycles. The number of pyridine rings is 1. The van der Waals surface area contributed by atoms with E-state index in [0.29, 0.717) is 39.4 Å². The highest BCUT2D eigenvalue weighted by molar-refractivity contribution is 7.84.